The lowest BCUT2D eigenvalue weighted by molar-refractivity contribution is 0.00950. The molecule has 1 atom stereocenters. The van der Waals surface area contributed by atoms with Crippen molar-refractivity contribution in [2.75, 3.05) is 7.11 Å². The van der Waals surface area contributed by atoms with E-state index in [-0.39, 0.29) is 17.7 Å². The minimum Gasteiger partial charge on any atom is -0.379 e. The fourth-order valence-corrected chi connectivity index (χ4v) is 2.90. The van der Waals surface area contributed by atoms with Gasteiger partial charge in [0.2, 0.25) is 0 Å². The number of fused-ring (bicyclic) bond motifs is 1. The molecule has 0 bridgehead atoms. The molecule has 7 heteroatoms. The molecule has 0 saturated heterocycles. The fourth-order valence-electron chi connectivity index (χ4n) is 2.18. The SMILES string of the molecule is COC(C)(C)C[C@H](C)NC(=O)NCc1cn2ccsc2n1. The molecule has 21 heavy (non-hydrogen) atoms. The van der Waals surface area contributed by atoms with Crippen molar-refractivity contribution >= 4 is 22.3 Å². The number of rotatable bonds is 6. The quantitative estimate of drug-likeness (QED) is 0.861. The molecule has 0 aromatic carbocycles. The predicted molar refractivity (Wildman–Crippen MR) is 83.6 cm³/mol. The predicted octanol–water partition coefficient (Wildman–Crippen LogP) is 2.40. The zero-order chi connectivity index (χ0) is 15.5. The normalized spacial score (nSPS) is 13.3. The first-order chi connectivity index (χ1) is 9.89. The summed E-state index contributed by atoms with van der Waals surface area (Å²) in [7, 11) is 1.68. The molecule has 2 amide bonds. The van der Waals surface area contributed by atoms with E-state index in [2.05, 4.69) is 15.6 Å². The van der Waals surface area contributed by atoms with E-state index in [1.807, 2.05) is 42.9 Å². The van der Waals surface area contributed by atoms with Crippen LogP contribution in [0.5, 0.6) is 0 Å². The number of thiazole rings is 1. The maximum absolute atomic E-state index is 11.9. The summed E-state index contributed by atoms with van der Waals surface area (Å²) >= 11 is 1.57. The minimum absolute atomic E-state index is 0.0328. The molecule has 0 aliphatic rings. The van der Waals surface area contributed by atoms with Crippen molar-refractivity contribution in [1.82, 2.24) is 20.0 Å². The van der Waals surface area contributed by atoms with E-state index in [1.165, 1.54) is 0 Å². The monoisotopic (exact) mass is 310 g/mol. The second-order valence-corrected chi connectivity index (χ2v) is 6.59. The van der Waals surface area contributed by atoms with E-state index in [9.17, 15) is 4.79 Å². The molecule has 0 aliphatic heterocycles. The number of nitrogens with one attached hydrogen (secondary N) is 2. The average molecular weight is 310 g/mol. The smallest absolute Gasteiger partial charge is 0.315 e. The van der Waals surface area contributed by atoms with Crippen molar-refractivity contribution in [2.45, 2.75) is 45.4 Å². The van der Waals surface area contributed by atoms with E-state index in [0.717, 1.165) is 17.1 Å². The van der Waals surface area contributed by atoms with Crippen LogP contribution >= 0.6 is 11.3 Å². The number of carbonyl (C=O) groups excluding carboxylic acids is 1. The summed E-state index contributed by atoms with van der Waals surface area (Å²) in [4.78, 5) is 17.2. The van der Waals surface area contributed by atoms with E-state index in [4.69, 9.17) is 4.74 Å². The summed E-state index contributed by atoms with van der Waals surface area (Å²) in [6.45, 7) is 6.38. The van der Waals surface area contributed by atoms with Crippen LogP contribution in [0, 0.1) is 0 Å². The summed E-state index contributed by atoms with van der Waals surface area (Å²) in [5.41, 5.74) is 0.600. The molecule has 2 N–H and O–H groups in total. The molecule has 0 radical (unpaired) electrons. The van der Waals surface area contributed by atoms with Gasteiger partial charge in [-0.05, 0) is 27.2 Å². The molecular weight excluding hydrogens is 288 g/mol. The Hall–Kier alpha value is -1.60. The summed E-state index contributed by atoms with van der Waals surface area (Å²) in [5.74, 6) is 0. The molecule has 2 rings (SSSR count). The van der Waals surface area contributed by atoms with Gasteiger partial charge in [0, 0.05) is 30.9 Å². The number of nitrogens with zero attached hydrogens (tertiary/aromatic N) is 2. The second kappa shape index (κ2) is 6.44. The van der Waals surface area contributed by atoms with Gasteiger partial charge < -0.3 is 15.4 Å². The van der Waals surface area contributed by atoms with Gasteiger partial charge >= 0.3 is 6.03 Å². The highest BCUT2D eigenvalue weighted by Crippen LogP contribution is 2.15. The molecule has 0 unspecified atom stereocenters. The Kier molecular flexibility index (Phi) is 4.84. The van der Waals surface area contributed by atoms with Crippen LogP contribution in [-0.2, 0) is 11.3 Å². The minimum atomic E-state index is -0.249. The zero-order valence-corrected chi connectivity index (χ0v) is 13.7. The Morgan fingerprint density at radius 1 is 1.57 bits per heavy atom. The largest absolute Gasteiger partial charge is 0.379 e. The van der Waals surface area contributed by atoms with Crippen LogP contribution in [0.4, 0.5) is 4.79 Å². The molecule has 6 nitrogen and oxygen atoms in total. The topological polar surface area (TPSA) is 67.7 Å². The number of ether oxygens (including phenoxy) is 1. The van der Waals surface area contributed by atoms with Gasteiger partial charge in [0.1, 0.15) is 0 Å². The second-order valence-electron chi connectivity index (χ2n) is 5.72. The van der Waals surface area contributed by atoms with E-state index >= 15 is 0 Å². The lowest BCUT2D eigenvalue weighted by Gasteiger charge is -2.27. The van der Waals surface area contributed by atoms with Crippen LogP contribution < -0.4 is 10.6 Å². The third kappa shape index (κ3) is 4.44. The summed E-state index contributed by atoms with van der Waals surface area (Å²) in [5, 5.41) is 7.71. The highest BCUT2D eigenvalue weighted by atomic mass is 32.1. The molecule has 2 heterocycles. The lowest BCUT2D eigenvalue weighted by atomic mass is 10.00. The summed E-state index contributed by atoms with van der Waals surface area (Å²) in [6, 6.07) is -0.156. The number of amides is 2. The van der Waals surface area contributed by atoms with Crippen LogP contribution in [0.3, 0.4) is 0 Å². The van der Waals surface area contributed by atoms with Crippen molar-refractivity contribution in [1.29, 1.82) is 0 Å². The Morgan fingerprint density at radius 3 is 3.00 bits per heavy atom. The molecule has 0 saturated carbocycles. The van der Waals surface area contributed by atoms with E-state index in [1.54, 1.807) is 18.4 Å². The van der Waals surface area contributed by atoms with Crippen LogP contribution in [-0.4, -0.2) is 34.2 Å². The van der Waals surface area contributed by atoms with Crippen LogP contribution in [0.15, 0.2) is 17.8 Å². The van der Waals surface area contributed by atoms with Gasteiger partial charge in [-0.1, -0.05) is 0 Å². The number of urea groups is 1. The molecule has 116 valence electrons. The standard InChI is InChI=1S/C14H22N4O2S/c1-10(7-14(2,3)20-4)16-12(19)15-8-11-9-18-5-6-21-13(18)17-11/h5-6,9-10H,7-8H2,1-4H3,(H2,15,16,19)/t10-/m0/s1. The summed E-state index contributed by atoms with van der Waals surface area (Å²) < 4.78 is 7.31. The molecule has 2 aromatic rings. The van der Waals surface area contributed by atoms with Crippen molar-refractivity contribution in [3.63, 3.8) is 0 Å². The number of hydrogen-bond donors (Lipinski definition) is 2. The van der Waals surface area contributed by atoms with Gasteiger partial charge in [-0.15, -0.1) is 11.3 Å². The highest BCUT2D eigenvalue weighted by molar-refractivity contribution is 7.15. The van der Waals surface area contributed by atoms with E-state index in [0.29, 0.717) is 6.54 Å². The number of carbonyl (C=O) groups is 1. The van der Waals surface area contributed by atoms with Gasteiger partial charge in [0.25, 0.3) is 0 Å². The first-order valence-corrected chi connectivity index (χ1v) is 7.78. The van der Waals surface area contributed by atoms with Crippen molar-refractivity contribution in [3.05, 3.63) is 23.5 Å². The first-order valence-electron chi connectivity index (χ1n) is 6.90. The maximum atomic E-state index is 11.9. The fraction of sp³-hybridized carbons (Fsp3) is 0.571. The number of hydrogen-bond acceptors (Lipinski definition) is 4. The average Bonchev–Trinajstić information content (AvgIpc) is 2.96. The third-order valence-electron chi connectivity index (χ3n) is 3.30. The van der Waals surface area contributed by atoms with Gasteiger partial charge in [-0.3, -0.25) is 4.40 Å². The third-order valence-corrected chi connectivity index (χ3v) is 4.07. The van der Waals surface area contributed by atoms with E-state index < -0.39 is 0 Å². The maximum Gasteiger partial charge on any atom is 0.315 e. The molecule has 0 spiro atoms. The Bertz CT molecular complexity index is 576. The lowest BCUT2D eigenvalue weighted by Crippen LogP contribution is -2.43. The van der Waals surface area contributed by atoms with Crippen LogP contribution in [0.2, 0.25) is 0 Å². The number of methoxy groups -OCH3 is 1. The highest BCUT2D eigenvalue weighted by Gasteiger charge is 2.21. The molecule has 0 aliphatic carbocycles. The molecule has 0 fully saturated rings. The van der Waals surface area contributed by atoms with Crippen molar-refractivity contribution < 1.29 is 9.53 Å². The van der Waals surface area contributed by atoms with Gasteiger partial charge in [0.15, 0.2) is 4.96 Å². The molecule has 2 aromatic heterocycles. The Morgan fingerprint density at radius 2 is 2.33 bits per heavy atom. The van der Waals surface area contributed by atoms with Gasteiger partial charge in [0.05, 0.1) is 17.8 Å². The van der Waals surface area contributed by atoms with Crippen molar-refractivity contribution in [3.8, 4) is 0 Å². The summed E-state index contributed by atoms with van der Waals surface area (Å²) in [6.07, 6.45) is 4.62. The number of aromatic nitrogens is 2. The Labute approximate surface area is 128 Å². The van der Waals surface area contributed by atoms with Crippen molar-refractivity contribution in [2.24, 2.45) is 0 Å². The first kappa shape index (κ1) is 15.8. The number of imidazole rings is 1. The Balaban J connectivity index is 1.78. The molecular formula is C14H22N4O2S. The van der Waals surface area contributed by atoms with Gasteiger partial charge in [-0.2, -0.15) is 0 Å². The zero-order valence-electron chi connectivity index (χ0n) is 12.8. The van der Waals surface area contributed by atoms with Crippen LogP contribution in [0.25, 0.3) is 4.96 Å². The van der Waals surface area contributed by atoms with Gasteiger partial charge in [-0.25, -0.2) is 9.78 Å². The van der Waals surface area contributed by atoms with Crippen LogP contribution in [0.1, 0.15) is 32.9 Å².